The molecular formula is C33H36F2N4O2S. The van der Waals surface area contributed by atoms with Crippen molar-refractivity contribution >= 4 is 36.0 Å². The molecule has 1 fully saturated rings. The van der Waals surface area contributed by atoms with E-state index in [1.807, 2.05) is 18.3 Å². The number of hydrogen-bond acceptors (Lipinski definition) is 7. The molecule has 1 aliphatic heterocycles. The van der Waals surface area contributed by atoms with Crippen LogP contribution >= 0.6 is 11.8 Å². The fourth-order valence-electron chi connectivity index (χ4n) is 5.31. The Hall–Kier alpha value is -3.69. The van der Waals surface area contributed by atoms with Crippen LogP contribution in [0.2, 0.25) is 0 Å². The van der Waals surface area contributed by atoms with Crippen molar-refractivity contribution in [3.63, 3.8) is 0 Å². The largest absolute Gasteiger partial charge is 0.455 e. The SMILES string of the molecule is CCN(CC)c1ccc(/C=C2/CCC(/C=N/N=C/c3ccc(-c4ccc(SC(F)F)cc4)o3)=C2N2CCOCC2)cc1. The summed E-state index contributed by atoms with van der Waals surface area (Å²) in [4.78, 5) is 5.27. The third kappa shape index (κ3) is 7.57. The maximum atomic E-state index is 12.6. The molecule has 220 valence electrons. The molecule has 0 unspecified atom stereocenters. The average Bonchev–Trinajstić information content (AvgIpc) is 3.64. The highest BCUT2D eigenvalue weighted by atomic mass is 32.2. The Balaban J connectivity index is 1.30. The zero-order valence-electron chi connectivity index (χ0n) is 24.0. The van der Waals surface area contributed by atoms with Crippen LogP contribution in [0.4, 0.5) is 14.5 Å². The van der Waals surface area contributed by atoms with Gasteiger partial charge < -0.3 is 19.0 Å². The van der Waals surface area contributed by atoms with Gasteiger partial charge in [-0.25, -0.2) is 0 Å². The second kappa shape index (κ2) is 14.5. The summed E-state index contributed by atoms with van der Waals surface area (Å²) in [6.07, 6.45) is 7.59. The Labute approximate surface area is 250 Å². The quantitative estimate of drug-likeness (QED) is 0.129. The summed E-state index contributed by atoms with van der Waals surface area (Å²) in [5.41, 5.74) is 6.96. The first-order valence-corrected chi connectivity index (χ1v) is 15.2. The number of rotatable bonds is 11. The van der Waals surface area contributed by atoms with Crippen LogP contribution in [0, 0.1) is 0 Å². The number of anilines is 1. The van der Waals surface area contributed by atoms with Gasteiger partial charge >= 0.3 is 0 Å². The van der Waals surface area contributed by atoms with E-state index in [1.54, 1.807) is 30.5 Å². The van der Waals surface area contributed by atoms with Crippen LogP contribution in [0.3, 0.4) is 0 Å². The number of nitrogens with zero attached hydrogens (tertiary/aromatic N) is 4. The number of hydrogen-bond donors (Lipinski definition) is 0. The van der Waals surface area contributed by atoms with Gasteiger partial charge in [0.25, 0.3) is 5.76 Å². The van der Waals surface area contributed by atoms with E-state index in [0.717, 1.165) is 44.6 Å². The summed E-state index contributed by atoms with van der Waals surface area (Å²) in [7, 11) is 0. The summed E-state index contributed by atoms with van der Waals surface area (Å²) >= 11 is 0.525. The van der Waals surface area contributed by atoms with Crippen LogP contribution in [-0.4, -0.2) is 62.5 Å². The van der Waals surface area contributed by atoms with Crippen LogP contribution in [0.1, 0.15) is 38.0 Å². The lowest BCUT2D eigenvalue weighted by Crippen LogP contribution is -2.36. The molecule has 0 amide bonds. The maximum Gasteiger partial charge on any atom is 0.288 e. The van der Waals surface area contributed by atoms with Crippen molar-refractivity contribution in [1.29, 1.82) is 0 Å². The number of halogens is 2. The Morgan fingerprint density at radius 2 is 1.62 bits per heavy atom. The van der Waals surface area contributed by atoms with E-state index < -0.39 is 5.76 Å². The predicted molar refractivity (Wildman–Crippen MR) is 169 cm³/mol. The molecule has 0 atom stereocenters. The molecule has 9 heteroatoms. The van der Waals surface area contributed by atoms with Gasteiger partial charge in [0, 0.05) is 48.0 Å². The molecule has 2 heterocycles. The maximum absolute atomic E-state index is 12.6. The smallest absolute Gasteiger partial charge is 0.288 e. The molecule has 1 saturated heterocycles. The molecule has 0 radical (unpaired) electrons. The summed E-state index contributed by atoms with van der Waals surface area (Å²) in [5, 5.41) is 8.62. The van der Waals surface area contributed by atoms with Gasteiger partial charge in [-0.3, -0.25) is 0 Å². The van der Waals surface area contributed by atoms with E-state index in [-0.39, 0.29) is 0 Å². The highest BCUT2D eigenvalue weighted by Crippen LogP contribution is 2.35. The number of thioether (sulfide) groups is 1. The minimum absolute atomic E-state index is 0.514. The van der Waals surface area contributed by atoms with Gasteiger partial charge in [0.1, 0.15) is 11.5 Å². The normalized spacial score (nSPS) is 17.1. The fourth-order valence-corrected chi connectivity index (χ4v) is 5.81. The topological polar surface area (TPSA) is 53.6 Å². The lowest BCUT2D eigenvalue weighted by Gasteiger charge is -2.31. The Morgan fingerprint density at radius 1 is 0.905 bits per heavy atom. The van der Waals surface area contributed by atoms with Gasteiger partial charge in [-0.05, 0) is 85.9 Å². The minimum atomic E-state index is -2.44. The Morgan fingerprint density at radius 3 is 2.31 bits per heavy atom. The summed E-state index contributed by atoms with van der Waals surface area (Å²) in [6, 6.07) is 19.3. The van der Waals surface area contributed by atoms with Crippen LogP contribution < -0.4 is 4.90 Å². The highest BCUT2D eigenvalue weighted by molar-refractivity contribution is 7.99. The van der Waals surface area contributed by atoms with E-state index >= 15 is 0 Å². The summed E-state index contributed by atoms with van der Waals surface area (Å²) < 4.78 is 36.6. The van der Waals surface area contributed by atoms with Gasteiger partial charge in [-0.2, -0.15) is 19.0 Å². The lowest BCUT2D eigenvalue weighted by atomic mass is 10.1. The van der Waals surface area contributed by atoms with Crippen molar-refractivity contribution < 1.29 is 17.9 Å². The second-order valence-electron chi connectivity index (χ2n) is 10.0. The van der Waals surface area contributed by atoms with Gasteiger partial charge in [0.15, 0.2) is 0 Å². The van der Waals surface area contributed by atoms with E-state index in [0.29, 0.717) is 41.4 Å². The highest BCUT2D eigenvalue weighted by Gasteiger charge is 2.25. The standard InChI is InChI=1S/C33H36F2N4O2S/c1-3-38(4-2)28-11-5-24(6-12-28)21-26-7-8-27(32(26)39-17-19-40-20-18-39)22-36-37-23-29-13-16-31(41-29)25-9-14-30(15-10-25)42-33(34)35/h5-6,9-16,21-23,33H,3-4,7-8,17-20H2,1-2H3/b26-21-,36-22+,37-23+. The zero-order valence-corrected chi connectivity index (χ0v) is 24.8. The number of alkyl halides is 2. The Kier molecular flexibility index (Phi) is 10.3. The third-order valence-electron chi connectivity index (χ3n) is 7.42. The predicted octanol–water partition coefficient (Wildman–Crippen LogP) is 7.98. The van der Waals surface area contributed by atoms with Crippen molar-refractivity contribution in [3.8, 4) is 11.3 Å². The number of benzene rings is 2. The second-order valence-corrected chi connectivity index (χ2v) is 11.1. The number of allylic oxidation sites excluding steroid dienone is 2. The van der Waals surface area contributed by atoms with Crippen molar-refractivity contribution in [2.24, 2.45) is 10.2 Å². The van der Waals surface area contributed by atoms with E-state index in [9.17, 15) is 8.78 Å². The fraction of sp³-hybridized carbons (Fsp3) is 0.333. The van der Waals surface area contributed by atoms with Crippen LogP contribution in [-0.2, 0) is 4.74 Å². The number of morpholine rings is 1. The molecule has 0 spiro atoms. The van der Waals surface area contributed by atoms with Crippen LogP contribution in [0.25, 0.3) is 17.4 Å². The van der Waals surface area contributed by atoms with E-state index in [1.165, 1.54) is 28.1 Å². The van der Waals surface area contributed by atoms with E-state index in [2.05, 4.69) is 64.2 Å². The summed E-state index contributed by atoms with van der Waals surface area (Å²) in [6.45, 7) is 9.47. The first kappa shape index (κ1) is 29.8. The molecule has 1 aliphatic carbocycles. The van der Waals surface area contributed by atoms with Crippen molar-refractivity contribution in [2.75, 3.05) is 44.3 Å². The van der Waals surface area contributed by atoms with Gasteiger partial charge in [-0.1, -0.05) is 36.0 Å². The molecule has 0 bridgehead atoms. The van der Waals surface area contributed by atoms with Crippen LogP contribution in [0.5, 0.6) is 0 Å². The first-order valence-electron chi connectivity index (χ1n) is 14.4. The zero-order chi connectivity index (χ0) is 29.3. The molecule has 6 nitrogen and oxygen atoms in total. The van der Waals surface area contributed by atoms with Gasteiger partial charge in [-0.15, -0.1) is 0 Å². The number of furan rings is 1. The van der Waals surface area contributed by atoms with Crippen molar-refractivity contribution in [2.45, 2.75) is 37.3 Å². The first-order chi connectivity index (χ1) is 20.5. The average molecular weight is 591 g/mol. The van der Waals surface area contributed by atoms with E-state index in [4.69, 9.17) is 9.15 Å². The molecule has 42 heavy (non-hydrogen) atoms. The summed E-state index contributed by atoms with van der Waals surface area (Å²) in [5.74, 6) is -1.23. The van der Waals surface area contributed by atoms with Gasteiger partial charge in [0.2, 0.25) is 0 Å². The van der Waals surface area contributed by atoms with Gasteiger partial charge in [0.05, 0.1) is 25.6 Å². The number of ether oxygens (including phenoxy) is 1. The molecule has 0 N–H and O–H groups in total. The Bertz CT molecular complexity index is 1440. The molecule has 3 aromatic rings. The molecular weight excluding hydrogens is 554 g/mol. The third-order valence-corrected chi connectivity index (χ3v) is 8.14. The minimum Gasteiger partial charge on any atom is -0.455 e. The molecule has 0 saturated carbocycles. The monoisotopic (exact) mass is 590 g/mol. The van der Waals surface area contributed by atoms with Crippen molar-refractivity contribution in [1.82, 2.24) is 4.90 Å². The molecule has 5 rings (SSSR count). The molecule has 1 aromatic heterocycles. The molecule has 2 aromatic carbocycles. The lowest BCUT2D eigenvalue weighted by molar-refractivity contribution is 0.0548. The van der Waals surface area contributed by atoms with Crippen molar-refractivity contribution in [3.05, 3.63) is 88.8 Å². The van der Waals surface area contributed by atoms with Crippen LogP contribution in [0.15, 0.2) is 97.0 Å². The molecule has 2 aliphatic rings.